The molecule has 0 aliphatic carbocycles. The molecule has 5 heteroatoms. The molecule has 4 nitrogen and oxygen atoms in total. The maximum Gasteiger partial charge on any atom is 0.231 e. The molecule has 0 saturated heterocycles. The highest BCUT2D eigenvalue weighted by Crippen LogP contribution is 2.19. The molecule has 0 unspecified atom stereocenters. The molecule has 1 N–H and O–H groups in total. The Hall–Kier alpha value is -1.85. The lowest BCUT2D eigenvalue weighted by Crippen LogP contribution is -2.24. The fourth-order valence-corrected chi connectivity index (χ4v) is 2.94. The predicted octanol–water partition coefficient (Wildman–Crippen LogP) is 3.32. The zero-order chi connectivity index (χ0) is 16.9. The summed E-state index contributed by atoms with van der Waals surface area (Å²) >= 11 is 0. The van der Waals surface area contributed by atoms with Gasteiger partial charge in [0.25, 0.3) is 0 Å². The molecule has 0 bridgehead atoms. The lowest BCUT2D eigenvalue weighted by atomic mass is 10.0. The first-order chi connectivity index (χ1) is 10.9. The lowest BCUT2D eigenvalue weighted by molar-refractivity contribution is 0.519. The van der Waals surface area contributed by atoms with Gasteiger partial charge in [0.1, 0.15) is 0 Å². The minimum atomic E-state index is -3.22. The van der Waals surface area contributed by atoms with E-state index in [0.717, 1.165) is 18.5 Å². The molecule has 2 aromatic carbocycles. The van der Waals surface area contributed by atoms with Gasteiger partial charge in [0, 0.05) is 19.6 Å². The van der Waals surface area contributed by atoms with Crippen LogP contribution in [0.25, 0.3) is 0 Å². The first-order valence-electron chi connectivity index (χ1n) is 7.73. The van der Waals surface area contributed by atoms with E-state index in [1.807, 2.05) is 30.3 Å². The van der Waals surface area contributed by atoms with Crippen molar-refractivity contribution in [1.82, 2.24) is 5.32 Å². The Kier molecular flexibility index (Phi) is 5.80. The summed E-state index contributed by atoms with van der Waals surface area (Å²) in [5.74, 6) is 0. The van der Waals surface area contributed by atoms with Crippen LogP contribution in [0.3, 0.4) is 0 Å². The van der Waals surface area contributed by atoms with Crippen molar-refractivity contribution in [3.63, 3.8) is 0 Å². The quantitative estimate of drug-likeness (QED) is 0.846. The first kappa shape index (κ1) is 17.5. The minimum Gasteiger partial charge on any atom is -0.306 e. The molecular weight excluding hydrogens is 308 g/mol. The molecule has 0 aromatic heterocycles. The number of anilines is 1. The Bertz CT molecular complexity index is 712. The Morgan fingerprint density at radius 2 is 1.65 bits per heavy atom. The number of hydrogen-bond acceptors (Lipinski definition) is 3. The fourth-order valence-electron chi connectivity index (χ4n) is 2.44. The van der Waals surface area contributed by atoms with Gasteiger partial charge in [-0.05, 0) is 29.7 Å². The molecule has 0 saturated carbocycles. The Morgan fingerprint density at radius 1 is 1.04 bits per heavy atom. The molecule has 0 aliphatic heterocycles. The number of rotatable bonds is 7. The summed E-state index contributed by atoms with van der Waals surface area (Å²) in [6.07, 6.45) is 2.22. The molecule has 2 rings (SSSR count). The maximum absolute atomic E-state index is 11.5. The van der Waals surface area contributed by atoms with Crippen LogP contribution in [0.4, 0.5) is 5.69 Å². The van der Waals surface area contributed by atoms with Crippen LogP contribution >= 0.6 is 0 Å². The normalized spacial score (nSPS) is 12.8. The number of hydrogen-bond donors (Lipinski definition) is 1. The Balaban J connectivity index is 2.01. The molecule has 0 aliphatic rings. The highest BCUT2D eigenvalue weighted by atomic mass is 32.2. The van der Waals surface area contributed by atoms with Crippen molar-refractivity contribution in [2.75, 3.05) is 17.6 Å². The fraction of sp³-hybridized carbons (Fsp3) is 0.333. The predicted molar refractivity (Wildman–Crippen MR) is 96.0 cm³/mol. The number of nitrogens with zero attached hydrogens (tertiary/aromatic N) is 1. The smallest absolute Gasteiger partial charge is 0.231 e. The van der Waals surface area contributed by atoms with Crippen molar-refractivity contribution in [3.05, 3.63) is 65.7 Å². The molecule has 1 atom stereocenters. The van der Waals surface area contributed by atoms with Crippen LogP contribution in [0, 0.1) is 0 Å². The van der Waals surface area contributed by atoms with Gasteiger partial charge < -0.3 is 5.32 Å². The molecule has 0 radical (unpaired) electrons. The van der Waals surface area contributed by atoms with Crippen molar-refractivity contribution in [2.24, 2.45) is 0 Å². The zero-order valence-electron chi connectivity index (χ0n) is 13.9. The minimum absolute atomic E-state index is 0.314. The van der Waals surface area contributed by atoms with Gasteiger partial charge in [0.05, 0.1) is 11.9 Å². The van der Waals surface area contributed by atoms with Gasteiger partial charge in [-0.1, -0.05) is 49.4 Å². The van der Waals surface area contributed by atoms with Gasteiger partial charge >= 0.3 is 0 Å². The van der Waals surface area contributed by atoms with Gasteiger partial charge in [-0.3, -0.25) is 4.31 Å². The zero-order valence-corrected chi connectivity index (χ0v) is 14.7. The number of nitrogens with one attached hydrogen (secondary N) is 1. The average molecular weight is 332 g/mol. The molecule has 2 aromatic rings. The van der Waals surface area contributed by atoms with Gasteiger partial charge in [-0.25, -0.2) is 8.42 Å². The average Bonchev–Trinajstić information content (AvgIpc) is 2.55. The Labute approximate surface area is 139 Å². The Morgan fingerprint density at radius 3 is 2.17 bits per heavy atom. The first-order valence-corrected chi connectivity index (χ1v) is 9.58. The molecule has 0 fully saturated rings. The third kappa shape index (κ3) is 4.81. The number of benzene rings is 2. The van der Waals surface area contributed by atoms with Crippen molar-refractivity contribution in [2.45, 2.75) is 25.9 Å². The third-order valence-electron chi connectivity index (χ3n) is 3.96. The van der Waals surface area contributed by atoms with E-state index in [9.17, 15) is 8.42 Å². The summed E-state index contributed by atoms with van der Waals surface area (Å²) in [6.45, 7) is 2.91. The highest BCUT2D eigenvalue weighted by Gasteiger charge is 2.12. The van der Waals surface area contributed by atoms with E-state index >= 15 is 0 Å². The summed E-state index contributed by atoms with van der Waals surface area (Å²) in [7, 11) is -1.66. The second-order valence-corrected chi connectivity index (χ2v) is 7.66. The van der Waals surface area contributed by atoms with Crippen LogP contribution in [-0.4, -0.2) is 21.7 Å². The lowest BCUT2D eigenvalue weighted by Gasteiger charge is -2.19. The molecule has 0 amide bonds. The van der Waals surface area contributed by atoms with Crippen LogP contribution in [0.2, 0.25) is 0 Å². The van der Waals surface area contributed by atoms with E-state index in [4.69, 9.17) is 0 Å². The van der Waals surface area contributed by atoms with Gasteiger partial charge in [0.15, 0.2) is 0 Å². The maximum atomic E-state index is 11.5. The highest BCUT2D eigenvalue weighted by molar-refractivity contribution is 7.92. The van der Waals surface area contributed by atoms with Crippen LogP contribution in [0.5, 0.6) is 0 Å². The van der Waals surface area contributed by atoms with E-state index in [1.54, 1.807) is 7.05 Å². The second kappa shape index (κ2) is 7.62. The molecule has 0 heterocycles. The van der Waals surface area contributed by atoms with E-state index in [2.05, 4.69) is 36.5 Å². The molecule has 23 heavy (non-hydrogen) atoms. The summed E-state index contributed by atoms with van der Waals surface area (Å²) in [4.78, 5) is 0. The van der Waals surface area contributed by atoms with Crippen molar-refractivity contribution < 1.29 is 8.42 Å². The topological polar surface area (TPSA) is 49.4 Å². The summed E-state index contributed by atoms with van der Waals surface area (Å²) < 4.78 is 24.4. The summed E-state index contributed by atoms with van der Waals surface area (Å²) in [5.41, 5.74) is 3.08. The molecule has 124 valence electrons. The van der Waals surface area contributed by atoms with Gasteiger partial charge in [-0.15, -0.1) is 0 Å². The van der Waals surface area contributed by atoms with Crippen LogP contribution in [0.15, 0.2) is 54.6 Å². The van der Waals surface area contributed by atoms with Crippen molar-refractivity contribution in [1.29, 1.82) is 0 Å². The van der Waals surface area contributed by atoms with Gasteiger partial charge in [0.2, 0.25) is 10.0 Å². The monoisotopic (exact) mass is 332 g/mol. The SMILES string of the molecule is CC[C@H](NCc1ccc(N(C)S(C)(=O)=O)cc1)c1ccccc1. The van der Waals surface area contributed by atoms with E-state index in [0.29, 0.717) is 11.7 Å². The van der Waals surface area contributed by atoms with E-state index in [-0.39, 0.29) is 0 Å². The van der Waals surface area contributed by atoms with Crippen LogP contribution < -0.4 is 9.62 Å². The van der Waals surface area contributed by atoms with Crippen LogP contribution in [-0.2, 0) is 16.6 Å². The molecular formula is C18H24N2O2S. The van der Waals surface area contributed by atoms with Crippen molar-refractivity contribution in [3.8, 4) is 0 Å². The third-order valence-corrected chi connectivity index (χ3v) is 5.17. The molecule has 0 spiro atoms. The van der Waals surface area contributed by atoms with Crippen molar-refractivity contribution >= 4 is 15.7 Å². The standard InChI is InChI=1S/C18H24N2O2S/c1-4-18(16-8-6-5-7-9-16)19-14-15-10-12-17(13-11-15)20(2)23(3,21)22/h5-13,18-19H,4,14H2,1-3H3/t18-/m0/s1. The summed E-state index contributed by atoms with van der Waals surface area (Å²) in [6, 6.07) is 18.3. The number of sulfonamides is 1. The second-order valence-electron chi connectivity index (χ2n) is 5.65. The van der Waals surface area contributed by atoms with E-state index < -0.39 is 10.0 Å². The van der Waals surface area contributed by atoms with Crippen LogP contribution in [0.1, 0.15) is 30.5 Å². The largest absolute Gasteiger partial charge is 0.306 e. The van der Waals surface area contributed by atoms with Gasteiger partial charge in [-0.2, -0.15) is 0 Å². The van der Waals surface area contributed by atoms with E-state index in [1.165, 1.54) is 16.1 Å². The summed E-state index contributed by atoms with van der Waals surface area (Å²) in [5, 5.41) is 3.55.